The molecule has 0 aromatic carbocycles. The first-order valence-corrected chi connectivity index (χ1v) is 3.55. The average molecular weight is 153 g/mol. The van der Waals surface area contributed by atoms with Crippen LogP contribution in [0.4, 0.5) is 0 Å². The SMILES string of the molecule is CC1CN(C)C(=O)CN1C#N. The highest BCUT2D eigenvalue weighted by molar-refractivity contribution is 5.79. The second-order valence-corrected chi connectivity index (χ2v) is 2.85. The number of carbonyl (C=O) groups excluding carboxylic acids is 1. The number of hydrogen-bond donors (Lipinski definition) is 0. The predicted molar refractivity (Wildman–Crippen MR) is 39.4 cm³/mol. The molecule has 60 valence electrons. The van der Waals surface area contributed by atoms with Crippen molar-refractivity contribution in [3.05, 3.63) is 0 Å². The number of piperazine rings is 1. The monoisotopic (exact) mass is 153 g/mol. The minimum absolute atomic E-state index is 0.0182. The first-order chi connectivity index (χ1) is 5.15. The predicted octanol–water partition coefficient (Wildman–Crippen LogP) is -0.370. The van der Waals surface area contributed by atoms with E-state index in [2.05, 4.69) is 0 Å². The Morgan fingerprint density at radius 2 is 2.36 bits per heavy atom. The number of amides is 1. The Labute approximate surface area is 66.0 Å². The zero-order valence-electron chi connectivity index (χ0n) is 6.74. The number of nitrogens with zero attached hydrogens (tertiary/aromatic N) is 3. The lowest BCUT2D eigenvalue weighted by atomic mass is 10.2. The summed E-state index contributed by atoms with van der Waals surface area (Å²) in [5.41, 5.74) is 0. The largest absolute Gasteiger partial charge is 0.342 e. The van der Waals surface area contributed by atoms with E-state index >= 15 is 0 Å². The number of rotatable bonds is 0. The number of nitriles is 1. The van der Waals surface area contributed by atoms with Gasteiger partial charge in [0.1, 0.15) is 6.54 Å². The van der Waals surface area contributed by atoms with Crippen LogP contribution in [-0.4, -0.2) is 41.9 Å². The standard InChI is InChI=1S/C7H11N3O/c1-6-3-9(2)7(11)4-10(6)5-8/h6H,3-4H2,1-2H3. The van der Waals surface area contributed by atoms with Gasteiger partial charge in [0.15, 0.2) is 6.19 Å². The van der Waals surface area contributed by atoms with Crippen molar-refractivity contribution in [1.82, 2.24) is 9.80 Å². The van der Waals surface area contributed by atoms with Gasteiger partial charge in [-0.25, -0.2) is 0 Å². The van der Waals surface area contributed by atoms with Gasteiger partial charge in [-0.3, -0.25) is 9.69 Å². The molecule has 0 saturated carbocycles. The summed E-state index contributed by atoms with van der Waals surface area (Å²) < 4.78 is 0. The second-order valence-electron chi connectivity index (χ2n) is 2.85. The maximum absolute atomic E-state index is 11.0. The van der Waals surface area contributed by atoms with Gasteiger partial charge in [-0.05, 0) is 6.92 Å². The lowest BCUT2D eigenvalue weighted by molar-refractivity contribution is -0.134. The maximum Gasteiger partial charge on any atom is 0.242 e. The van der Waals surface area contributed by atoms with Gasteiger partial charge in [0.25, 0.3) is 0 Å². The van der Waals surface area contributed by atoms with Crippen LogP contribution in [0.3, 0.4) is 0 Å². The molecular weight excluding hydrogens is 142 g/mol. The van der Waals surface area contributed by atoms with Crippen LogP contribution in [0.5, 0.6) is 0 Å². The van der Waals surface area contributed by atoms with Crippen LogP contribution < -0.4 is 0 Å². The Morgan fingerprint density at radius 3 is 2.91 bits per heavy atom. The van der Waals surface area contributed by atoms with Crippen LogP contribution >= 0.6 is 0 Å². The molecule has 0 N–H and O–H groups in total. The summed E-state index contributed by atoms with van der Waals surface area (Å²) in [6, 6.07) is 0.155. The summed E-state index contributed by atoms with van der Waals surface area (Å²) in [5, 5.41) is 8.57. The van der Waals surface area contributed by atoms with Gasteiger partial charge >= 0.3 is 0 Å². The summed E-state index contributed by atoms with van der Waals surface area (Å²) in [7, 11) is 1.76. The minimum Gasteiger partial charge on any atom is -0.342 e. The van der Waals surface area contributed by atoms with Crippen LogP contribution in [0.25, 0.3) is 0 Å². The Balaban J connectivity index is 2.64. The number of carbonyl (C=O) groups is 1. The third kappa shape index (κ3) is 1.43. The first-order valence-electron chi connectivity index (χ1n) is 3.55. The van der Waals surface area contributed by atoms with Crippen molar-refractivity contribution in [3.8, 4) is 6.19 Å². The molecule has 1 aliphatic heterocycles. The van der Waals surface area contributed by atoms with Crippen LogP contribution in [0.1, 0.15) is 6.92 Å². The van der Waals surface area contributed by atoms with E-state index in [0.717, 1.165) is 0 Å². The topological polar surface area (TPSA) is 47.3 Å². The van der Waals surface area contributed by atoms with Crippen LogP contribution in [0, 0.1) is 11.5 Å². The maximum atomic E-state index is 11.0. The highest BCUT2D eigenvalue weighted by Crippen LogP contribution is 2.06. The number of hydrogen-bond acceptors (Lipinski definition) is 3. The Bertz CT molecular complexity index is 208. The fraction of sp³-hybridized carbons (Fsp3) is 0.714. The number of likely N-dealkylation sites (N-methyl/N-ethyl adjacent to an activating group) is 1. The van der Waals surface area contributed by atoms with Crippen LogP contribution in [0.2, 0.25) is 0 Å². The third-order valence-electron chi connectivity index (χ3n) is 1.93. The molecule has 4 heteroatoms. The van der Waals surface area contributed by atoms with E-state index in [1.807, 2.05) is 13.1 Å². The molecule has 1 aliphatic rings. The molecule has 1 rings (SSSR count). The van der Waals surface area contributed by atoms with Gasteiger partial charge in [-0.15, -0.1) is 0 Å². The lowest BCUT2D eigenvalue weighted by Crippen LogP contribution is -2.51. The van der Waals surface area contributed by atoms with Crippen molar-refractivity contribution in [2.45, 2.75) is 13.0 Å². The molecule has 11 heavy (non-hydrogen) atoms. The van der Waals surface area contributed by atoms with E-state index in [-0.39, 0.29) is 18.5 Å². The summed E-state index contributed by atoms with van der Waals surface area (Å²) >= 11 is 0. The summed E-state index contributed by atoms with van der Waals surface area (Å²) in [6.45, 7) is 2.81. The molecule has 1 saturated heterocycles. The van der Waals surface area contributed by atoms with Crippen molar-refractivity contribution in [2.75, 3.05) is 20.1 Å². The molecule has 0 bridgehead atoms. The van der Waals surface area contributed by atoms with Gasteiger partial charge in [0.05, 0.1) is 6.04 Å². The van der Waals surface area contributed by atoms with Crippen LogP contribution in [0.15, 0.2) is 0 Å². The zero-order valence-corrected chi connectivity index (χ0v) is 6.74. The molecule has 1 atom stereocenters. The fourth-order valence-corrected chi connectivity index (χ4v) is 1.15. The molecule has 0 aliphatic carbocycles. The Morgan fingerprint density at radius 1 is 1.73 bits per heavy atom. The molecule has 4 nitrogen and oxygen atoms in total. The van der Waals surface area contributed by atoms with Crippen molar-refractivity contribution in [2.24, 2.45) is 0 Å². The second kappa shape index (κ2) is 2.79. The highest BCUT2D eigenvalue weighted by atomic mass is 16.2. The van der Waals surface area contributed by atoms with Crippen molar-refractivity contribution >= 4 is 5.91 Å². The molecule has 1 heterocycles. The van der Waals surface area contributed by atoms with Crippen molar-refractivity contribution < 1.29 is 4.79 Å². The highest BCUT2D eigenvalue weighted by Gasteiger charge is 2.25. The summed E-state index contributed by atoms with van der Waals surface area (Å²) in [4.78, 5) is 14.2. The molecule has 1 amide bonds. The molecule has 0 aromatic heterocycles. The van der Waals surface area contributed by atoms with E-state index in [0.29, 0.717) is 6.54 Å². The van der Waals surface area contributed by atoms with Crippen molar-refractivity contribution in [3.63, 3.8) is 0 Å². The molecule has 0 spiro atoms. The fourth-order valence-electron chi connectivity index (χ4n) is 1.15. The normalized spacial score (nSPS) is 25.2. The van der Waals surface area contributed by atoms with E-state index < -0.39 is 0 Å². The molecular formula is C7H11N3O. The molecule has 1 fully saturated rings. The van der Waals surface area contributed by atoms with Crippen molar-refractivity contribution in [1.29, 1.82) is 5.26 Å². The third-order valence-corrected chi connectivity index (χ3v) is 1.93. The lowest BCUT2D eigenvalue weighted by Gasteiger charge is -2.33. The van der Waals surface area contributed by atoms with E-state index in [4.69, 9.17) is 5.26 Å². The minimum atomic E-state index is 0.0182. The van der Waals surface area contributed by atoms with Gasteiger partial charge in [-0.2, -0.15) is 5.26 Å². The average Bonchev–Trinajstić information content (AvgIpc) is 1.97. The molecule has 0 aromatic rings. The Kier molecular flexibility index (Phi) is 1.99. The zero-order chi connectivity index (χ0) is 8.43. The van der Waals surface area contributed by atoms with Gasteiger partial charge in [-0.1, -0.05) is 0 Å². The van der Waals surface area contributed by atoms with Crippen LogP contribution in [-0.2, 0) is 4.79 Å². The smallest absolute Gasteiger partial charge is 0.242 e. The van der Waals surface area contributed by atoms with E-state index in [1.165, 1.54) is 4.90 Å². The molecule has 0 radical (unpaired) electrons. The summed E-state index contributed by atoms with van der Waals surface area (Å²) in [5.74, 6) is 0.0182. The van der Waals surface area contributed by atoms with E-state index in [1.54, 1.807) is 11.9 Å². The van der Waals surface area contributed by atoms with Gasteiger partial charge < -0.3 is 4.90 Å². The van der Waals surface area contributed by atoms with Gasteiger partial charge in [0.2, 0.25) is 5.91 Å². The summed E-state index contributed by atoms with van der Waals surface area (Å²) in [6.07, 6.45) is 1.99. The van der Waals surface area contributed by atoms with Gasteiger partial charge in [0, 0.05) is 13.6 Å². The Hall–Kier alpha value is -1.24. The first kappa shape index (κ1) is 7.86. The van der Waals surface area contributed by atoms with E-state index in [9.17, 15) is 4.79 Å². The quantitative estimate of drug-likeness (QED) is 0.446. The molecule has 1 unspecified atom stereocenters.